The maximum absolute atomic E-state index is 11.7. The Labute approximate surface area is 99.6 Å². The summed E-state index contributed by atoms with van der Waals surface area (Å²) in [5.41, 5.74) is 0. The lowest BCUT2D eigenvalue weighted by molar-refractivity contribution is -0.126. The minimum absolute atomic E-state index is 0.243. The largest absolute Gasteiger partial charge is 0.356 e. The van der Waals surface area contributed by atoms with Crippen molar-refractivity contribution < 1.29 is 4.79 Å². The highest BCUT2D eigenvalue weighted by Crippen LogP contribution is 2.27. The van der Waals surface area contributed by atoms with Gasteiger partial charge in [-0.1, -0.05) is 13.8 Å². The Balaban J connectivity index is 0.000000606. The Morgan fingerprint density at radius 1 is 1.31 bits per heavy atom. The molecule has 1 aliphatic heterocycles. The van der Waals surface area contributed by atoms with Gasteiger partial charge in [0.1, 0.15) is 0 Å². The van der Waals surface area contributed by atoms with E-state index in [1.54, 1.807) is 0 Å². The minimum Gasteiger partial charge on any atom is -0.356 e. The van der Waals surface area contributed by atoms with Gasteiger partial charge < -0.3 is 10.2 Å². The van der Waals surface area contributed by atoms with Crippen molar-refractivity contribution in [3.05, 3.63) is 0 Å². The van der Waals surface area contributed by atoms with E-state index in [2.05, 4.69) is 17.3 Å². The predicted octanol–water partition coefficient (Wildman–Crippen LogP) is 1.88. The van der Waals surface area contributed by atoms with Crippen LogP contribution in [0.25, 0.3) is 0 Å². The van der Waals surface area contributed by atoms with Crippen LogP contribution in [0.3, 0.4) is 0 Å². The molecule has 1 aliphatic carbocycles. The van der Waals surface area contributed by atoms with Crippen LogP contribution in [0, 0.1) is 11.8 Å². The lowest BCUT2D eigenvalue weighted by Gasteiger charge is -2.28. The van der Waals surface area contributed by atoms with E-state index in [0.29, 0.717) is 0 Å². The zero-order valence-electron chi connectivity index (χ0n) is 11.0. The van der Waals surface area contributed by atoms with E-state index in [1.165, 1.54) is 12.8 Å². The summed E-state index contributed by atoms with van der Waals surface area (Å²) in [7, 11) is 2.10. The summed E-state index contributed by atoms with van der Waals surface area (Å²) in [6.45, 7) is 7.00. The summed E-state index contributed by atoms with van der Waals surface area (Å²) in [6.07, 6.45) is 4.86. The molecule has 3 heteroatoms. The fourth-order valence-corrected chi connectivity index (χ4v) is 2.09. The summed E-state index contributed by atoms with van der Waals surface area (Å²) in [6, 6.07) is 0. The van der Waals surface area contributed by atoms with Gasteiger partial charge in [-0.3, -0.25) is 4.79 Å². The van der Waals surface area contributed by atoms with Crippen molar-refractivity contribution in [1.29, 1.82) is 0 Å². The van der Waals surface area contributed by atoms with Crippen molar-refractivity contribution in [3.63, 3.8) is 0 Å². The van der Waals surface area contributed by atoms with Crippen LogP contribution < -0.4 is 5.32 Å². The maximum atomic E-state index is 11.7. The molecule has 0 aromatic carbocycles. The van der Waals surface area contributed by atoms with E-state index in [9.17, 15) is 4.79 Å². The Kier molecular flexibility index (Phi) is 5.81. The normalized spacial score (nSPS) is 25.6. The Bertz CT molecular complexity index is 214. The molecule has 2 aliphatic rings. The molecule has 94 valence electrons. The van der Waals surface area contributed by atoms with Crippen molar-refractivity contribution >= 4 is 5.91 Å². The first-order chi connectivity index (χ1) is 7.75. The van der Waals surface area contributed by atoms with Crippen LogP contribution in [0.1, 0.15) is 39.5 Å². The number of piperidine rings is 1. The number of rotatable bonds is 3. The molecule has 3 nitrogen and oxygen atoms in total. The standard InChI is InChI=1S/C11H20N2O.C2H6/c1-13-6-2-3-10(8-13)11(14)12-7-9-4-5-9;1-2/h9-10H,2-8H2,1H3,(H,12,14);1-2H3. The summed E-state index contributed by atoms with van der Waals surface area (Å²) in [5.74, 6) is 1.32. The fraction of sp³-hybridized carbons (Fsp3) is 0.923. The van der Waals surface area contributed by atoms with Crippen LogP contribution in [0.4, 0.5) is 0 Å². The van der Waals surface area contributed by atoms with Gasteiger partial charge in [0.05, 0.1) is 5.92 Å². The van der Waals surface area contributed by atoms with E-state index >= 15 is 0 Å². The molecule has 2 fully saturated rings. The lowest BCUT2D eigenvalue weighted by atomic mass is 9.97. The van der Waals surface area contributed by atoms with Gasteiger partial charge in [0, 0.05) is 13.1 Å². The zero-order valence-corrected chi connectivity index (χ0v) is 11.0. The number of hydrogen-bond acceptors (Lipinski definition) is 2. The number of carbonyl (C=O) groups is 1. The van der Waals surface area contributed by atoms with E-state index in [0.717, 1.165) is 38.4 Å². The molecule has 0 aromatic rings. The van der Waals surface area contributed by atoms with Crippen molar-refractivity contribution in [2.75, 3.05) is 26.7 Å². The molecular formula is C13H26N2O. The monoisotopic (exact) mass is 226 g/mol. The number of nitrogens with one attached hydrogen (secondary N) is 1. The summed E-state index contributed by atoms with van der Waals surface area (Å²) >= 11 is 0. The van der Waals surface area contributed by atoms with Crippen LogP contribution in [-0.2, 0) is 4.79 Å². The number of carbonyl (C=O) groups excluding carboxylic acids is 1. The van der Waals surface area contributed by atoms with Crippen LogP contribution >= 0.6 is 0 Å². The molecular weight excluding hydrogens is 200 g/mol. The highest BCUT2D eigenvalue weighted by Gasteiger charge is 2.26. The first kappa shape index (κ1) is 13.5. The molecule has 1 unspecified atom stereocenters. The molecule has 0 aromatic heterocycles. The summed E-state index contributed by atoms with van der Waals surface area (Å²) < 4.78 is 0. The lowest BCUT2D eigenvalue weighted by Crippen LogP contribution is -2.41. The van der Waals surface area contributed by atoms with Gasteiger partial charge in [-0.25, -0.2) is 0 Å². The Hall–Kier alpha value is -0.570. The molecule has 1 heterocycles. The second kappa shape index (κ2) is 6.89. The first-order valence-corrected chi connectivity index (χ1v) is 6.72. The number of likely N-dealkylation sites (tertiary alicyclic amines) is 1. The first-order valence-electron chi connectivity index (χ1n) is 6.72. The SMILES string of the molecule is CC.CN1CCCC(C(=O)NCC2CC2)C1. The molecule has 0 radical (unpaired) electrons. The Morgan fingerprint density at radius 3 is 2.56 bits per heavy atom. The van der Waals surface area contributed by atoms with Gasteiger partial charge in [0.2, 0.25) is 5.91 Å². The van der Waals surface area contributed by atoms with Crippen LogP contribution in [0.15, 0.2) is 0 Å². The van der Waals surface area contributed by atoms with Crippen LogP contribution in [-0.4, -0.2) is 37.5 Å². The second-order valence-electron chi connectivity index (χ2n) is 4.79. The van der Waals surface area contributed by atoms with E-state index in [-0.39, 0.29) is 11.8 Å². The predicted molar refractivity (Wildman–Crippen MR) is 67.3 cm³/mol. The third-order valence-electron chi connectivity index (χ3n) is 3.26. The highest BCUT2D eigenvalue weighted by molar-refractivity contribution is 5.78. The van der Waals surface area contributed by atoms with Crippen molar-refractivity contribution in [1.82, 2.24) is 10.2 Å². The summed E-state index contributed by atoms with van der Waals surface area (Å²) in [4.78, 5) is 14.0. The van der Waals surface area contributed by atoms with Crippen LogP contribution in [0.2, 0.25) is 0 Å². The number of hydrogen-bond donors (Lipinski definition) is 1. The topological polar surface area (TPSA) is 32.3 Å². The van der Waals surface area contributed by atoms with Gasteiger partial charge >= 0.3 is 0 Å². The van der Waals surface area contributed by atoms with Gasteiger partial charge in [-0.2, -0.15) is 0 Å². The molecule has 16 heavy (non-hydrogen) atoms. The fourth-order valence-electron chi connectivity index (χ4n) is 2.09. The average molecular weight is 226 g/mol. The zero-order chi connectivity index (χ0) is 12.0. The van der Waals surface area contributed by atoms with Gasteiger partial charge in [0.25, 0.3) is 0 Å². The Morgan fingerprint density at radius 2 is 2.00 bits per heavy atom. The molecule has 2 rings (SSSR count). The van der Waals surface area contributed by atoms with Gasteiger partial charge in [0.15, 0.2) is 0 Å². The van der Waals surface area contributed by atoms with E-state index in [1.807, 2.05) is 13.8 Å². The van der Waals surface area contributed by atoms with Crippen molar-refractivity contribution in [2.45, 2.75) is 39.5 Å². The quantitative estimate of drug-likeness (QED) is 0.797. The van der Waals surface area contributed by atoms with Crippen LogP contribution in [0.5, 0.6) is 0 Å². The smallest absolute Gasteiger partial charge is 0.224 e. The highest BCUT2D eigenvalue weighted by atomic mass is 16.1. The molecule has 0 spiro atoms. The molecule has 0 bridgehead atoms. The molecule has 1 atom stereocenters. The summed E-state index contributed by atoms with van der Waals surface area (Å²) in [5, 5.41) is 3.07. The molecule has 1 amide bonds. The molecule has 1 saturated heterocycles. The average Bonchev–Trinajstić information content (AvgIpc) is 3.12. The molecule has 1 N–H and O–H groups in total. The number of amides is 1. The van der Waals surface area contributed by atoms with Crippen molar-refractivity contribution in [2.24, 2.45) is 11.8 Å². The minimum atomic E-state index is 0.243. The van der Waals surface area contributed by atoms with E-state index in [4.69, 9.17) is 0 Å². The van der Waals surface area contributed by atoms with Gasteiger partial charge in [-0.15, -0.1) is 0 Å². The van der Waals surface area contributed by atoms with Gasteiger partial charge in [-0.05, 0) is 45.2 Å². The maximum Gasteiger partial charge on any atom is 0.224 e. The molecule has 1 saturated carbocycles. The third kappa shape index (κ3) is 4.52. The second-order valence-corrected chi connectivity index (χ2v) is 4.79. The number of nitrogens with zero attached hydrogens (tertiary/aromatic N) is 1. The van der Waals surface area contributed by atoms with Crippen molar-refractivity contribution in [3.8, 4) is 0 Å². The third-order valence-corrected chi connectivity index (χ3v) is 3.26. The van der Waals surface area contributed by atoms with E-state index < -0.39 is 0 Å².